The highest BCUT2D eigenvalue weighted by Gasteiger charge is 2.36. The Kier molecular flexibility index (Phi) is 7.05. The highest BCUT2D eigenvalue weighted by Crippen LogP contribution is 2.22. The monoisotopic (exact) mass is 501 g/mol. The van der Waals surface area contributed by atoms with Gasteiger partial charge in [0.05, 0.1) is 23.2 Å². The van der Waals surface area contributed by atoms with Gasteiger partial charge >= 0.3 is 5.97 Å². The summed E-state index contributed by atoms with van der Waals surface area (Å²) in [4.78, 5) is 62.1. The molecule has 11 heteroatoms. The number of non-ortho nitro benzene ring substituents is 1. The van der Waals surface area contributed by atoms with E-state index in [2.05, 4.69) is 5.32 Å². The normalized spacial score (nSPS) is 12.7. The van der Waals surface area contributed by atoms with Crippen LogP contribution in [0.5, 0.6) is 5.75 Å². The van der Waals surface area contributed by atoms with Gasteiger partial charge in [0.15, 0.2) is 6.73 Å². The van der Waals surface area contributed by atoms with Gasteiger partial charge < -0.3 is 14.8 Å². The summed E-state index contributed by atoms with van der Waals surface area (Å²) in [6.45, 7) is -0.683. The maximum absolute atomic E-state index is 13.0. The van der Waals surface area contributed by atoms with Crippen LogP contribution in [-0.2, 0) is 9.53 Å². The maximum Gasteiger partial charge on any atom is 0.356 e. The van der Waals surface area contributed by atoms with E-state index in [4.69, 9.17) is 9.47 Å². The molecule has 0 saturated heterocycles. The molecule has 0 spiro atoms. The van der Waals surface area contributed by atoms with E-state index in [9.17, 15) is 29.3 Å². The Morgan fingerprint density at radius 3 is 2.22 bits per heavy atom. The van der Waals surface area contributed by atoms with E-state index in [0.29, 0.717) is 11.3 Å². The number of nitro groups is 1. The number of ether oxygens (including phenoxy) is 2. The molecule has 37 heavy (non-hydrogen) atoms. The first kappa shape index (κ1) is 24.8. The summed E-state index contributed by atoms with van der Waals surface area (Å²) in [7, 11) is 1.49. The quantitative estimate of drug-likeness (QED) is 0.163. The van der Waals surface area contributed by atoms with Gasteiger partial charge in [0.2, 0.25) is 0 Å². The largest absolute Gasteiger partial charge is 0.497 e. The van der Waals surface area contributed by atoms with E-state index in [1.165, 1.54) is 43.5 Å². The highest BCUT2D eigenvalue weighted by atomic mass is 16.6. The zero-order valence-corrected chi connectivity index (χ0v) is 19.4. The van der Waals surface area contributed by atoms with Crippen molar-refractivity contribution >= 4 is 35.5 Å². The third kappa shape index (κ3) is 5.35. The number of fused-ring (bicyclic) bond motifs is 1. The van der Waals surface area contributed by atoms with Crippen LogP contribution in [0.3, 0.4) is 0 Å². The van der Waals surface area contributed by atoms with Crippen LogP contribution >= 0.6 is 0 Å². The summed E-state index contributed by atoms with van der Waals surface area (Å²) >= 11 is 0. The number of esters is 1. The van der Waals surface area contributed by atoms with Crippen LogP contribution in [0.25, 0.3) is 6.08 Å². The molecule has 0 aromatic heterocycles. The third-order valence-corrected chi connectivity index (χ3v) is 5.42. The molecule has 3 aromatic rings. The third-order valence-electron chi connectivity index (χ3n) is 5.42. The minimum absolute atomic E-state index is 0.0667. The Balaban J connectivity index is 1.56. The Morgan fingerprint density at radius 2 is 1.62 bits per heavy atom. The first-order chi connectivity index (χ1) is 17.8. The fourth-order valence-corrected chi connectivity index (χ4v) is 3.53. The molecule has 0 atom stereocenters. The summed E-state index contributed by atoms with van der Waals surface area (Å²) < 4.78 is 10.3. The van der Waals surface area contributed by atoms with Gasteiger partial charge in [-0.2, -0.15) is 0 Å². The zero-order chi connectivity index (χ0) is 26.5. The maximum atomic E-state index is 13.0. The van der Waals surface area contributed by atoms with Crippen LogP contribution in [0.4, 0.5) is 5.69 Å². The second-order valence-corrected chi connectivity index (χ2v) is 7.74. The predicted octanol–water partition coefficient (Wildman–Crippen LogP) is 3.17. The van der Waals surface area contributed by atoms with E-state index in [1.54, 1.807) is 36.4 Å². The second kappa shape index (κ2) is 10.5. The van der Waals surface area contributed by atoms with Crippen molar-refractivity contribution in [2.75, 3.05) is 13.8 Å². The van der Waals surface area contributed by atoms with Crippen molar-refractivity contribution in [2.24, 2.45) is 0 Å². The highest BCUT2D eigenvalue weighted by molar-refractivity contribution is 6.21. The first-order valence-corrected chi connectivity index (χ1v) is 10.8. The SMILES string of the molecule is COc1ccc(/C=C(\NC(=O)c2cccc([N+](=O)[O-])c2)C(=O)OCN2C(=O)c3ccccc3C2=O)cc1. The smallest absolute Gasteiger partial charge is 0.356 e. The van der Waals surface area contributed by atoms with Gasteiger partial charge in [0.25, 0.3) is 23.4 Å². The lowest BCUT2D eigenvalue weighted by Gasteiger charge is -2.15. The summed E-state index contributed by atoms with van der Waals surface area (Å²) in [6.07, 6.45) is 1.32. The number of carbonyl (C=O) groups excluding carboxylic acids is 4. The summed E-state index contributed by atoms with van der Waals surface area (Å²) in [5, 5.41) is 13.5. The van der Waals surface area contributed by atoms with Crippen molar-refractivity contribution in [3.8, 4) is 5.75 Å². The van der Waals surface area contributed by atoms with Gasteiger partial charge in [-0.15, -0.1) is 0 Å². The Bertz CT molecular complexity index is 1410. The Labute approximate surface area is 210 Å². The molecule has 0 bridgehead atoms. The molecule has 0 saturated carbocycles. The molecule has 0 radical (unpaired) electrons. The molecule has 3 amide bonds. The number of nitro benzene ring substituents is 1. The van der Waals surface area contributed by atoms with E-state index in [-0.39, 0.29) is 28.1 Å². The predicted molar refractivity (Wildman–Crippen MR) is 129 cm³/mol. The molecule has 0 aliphatic carbocycles. The van der Waals surface area contributed by atoms with Crippen molar-refractivity contribution in [3.63, 3.8) is 0 Å². The average molecular weight is 501 g/mol. The van der Waals surface area contributed by atoms with Crippen LogP contribution in [0.1, 0.15) is 36.6 Å². The van der Waals surface area contributed by atoms with Crippen molar-refractivity contribution in [1.82, 2.24) is 10.2 Å². The number of imide groups is 1. The van der Waals surface area contributed by atoms with Crippen molar-refractivity contribution in [3.05, 3.63) is 111 Å². The minimum atomic E-state index is -1.04. The number of rotatable bonds is 8. The number of methoxy groups -OCH3 is 1. The fraction of sp³-hybridized carbons (Fsp3) is 0.0769. The summed E-state index contributed by atoms with van der Waals surface area (Å²) in [5.41, 5.74) is 0.184. The lowest BCUT2D eigenvalue weighted by molar-refractivity contribution is -0.384. The summed E-state index contributed by atoms with van der Waals surface area (Å²) in [6, 6.07) is 17.7. The molecule has 3 aromatic carbocycles. The van der Waals surface area contributed by atoms with E-state index < -0.39 is 35.3 Å². The summed E-state index contributed by atoms with van der Waals surface area (Å²) in [5.74, 6) is -2.51. The van der Waals surface area contributed by atoms with Crippen LogP contribution < -0.4 is 10.1 Å². The molecular weight excluding hydrogens is 482 g/mol. The first-order valence-electron chi connectivity index (χ1n) is 10.8. The molecule has 186 valence electrons. The molecule has 4 rings (SSSR count). The van der Waals surface area contributed by atoms with Crippen LogP contribution in [0, 0.1) is 10.1 Å². The molecule has 1 N–H and O–H groups in total. The van der Waals surface area contributed by atoms with Crippen molar-refractivity contribution in [1.29, 1.82) is 0 Å². The second-order valence-electron chi connectivity index (χ2n) is 7.74. The number of amides is 3. The molecule has 1 aliphatic heterocycles. The number of carbonyl (C=O) groups is 4. The van der Waals surface area contributed by atoms with Gasteiger partial charge in [-0.3, -0.25) is 24.5 Å². The number of benzene rings is 3. The van der Waals surface area contributed by atoms with Crippen LogP contribution in [0.15, 0.2) is 78.5 Å². The van der Waals surface area contributed by atoms with E-state index in [1.807, 2.05) is 0 Å². The molecule has 1 aliphatic rings. The van der Waals surface area contributed by atoms with Crippen molar-refractivity contribution < 1.29 is 33.6 Å². The van der Waals surface area contributed by atoms with Crippen LogP contribution in [-0.4, -0.2) is 47.4 Å². The fourth-order valence-electron chi connectivity index (χ4n) is 3.53. The lowest BCUT2D eigenvalue weighted by Crippen LogP contribution is -2.35. The molecule has 11 nitrogen and oxygen atoms in total. The van der Waals surface area contributed by atoms with E-state index >= 15 is 0 Å². The van der Waals surface area contributed by atoms with Gasteiger partial charge in [0, 0.05) is 17.7 Å². The zero-order valence-electron chi connectivity index (χ0n) is 19.4. The standard InChI is InChI=1S/C26H19N3O8/c1-36-19-11-9-16(10-12-19)13-22(27-23(30)17-5-4-6-18(14-17)29(34)35)26(33)37-15-28-24(31)20-7-2-3-8-21(20)25(28)32/h2-14H,15H2,1H3,(H,27,30)/b22-13-. The van der Waals surface area contributed by atoms with Crippen molar-refractivity contribution in [2.45, 2.75) is 0 Å². The lowest BCUT2D eigenvalue weighted by atomic mass is 10.1. The van der Waals surface area contributed by atoms with E-state index in [0.717, 1.165) is 11.0 Å². The Morgan fingerprint density at radius 1 is 0.973 bits per heavy atom. The number of hydrogen-bond acceptors (Lipinski definition) is 8. The molecule has 0 fully saturated rings. The molecule has 1 heterocycles. The molecular formula is C26H19N3O8. The van der Waals surface area contributed by atoms with Gasteiger partial charge in [-0.1, -0.05) is 30.3 Å². The van der Waals surface area contributed by atoms with Gasteiger partial charge in [-0.25, -0.2) is 9.69 Å². The number of nitrogens with zero attached hydrogens (tertiary/aromatic N) is 2. The average Bonchev–Trinajstić information content (AvgIpc) is 3.16. The Hall–Kier alpha value is -5.32. The van der Waals surface area contributed by atoms with Gasteiger partial charge in [-0.05, 0) is 42.0 Å². The minimum Gasteiger partial charge on any atom is -0.497 e. The molecule has 0 unspecified atom stereocenters. The topological polar surface area (TPSA) is 145 Å². The number of nitrogens with one attached hydrogen (secondary N) is 1. The van der Waals surface area contributed by atoms with Gasteiger partial charge in [0.1, 0.15) is 11.4 Å². The number of hydrogen-bond donors (Lipinski definition) is 1. The van der Waals surface area contributed by atoms with Crippen LogP contribution in [0.2, 0.25) is 0 Å².